The molecule has 1 aliphatic heterocycles. The first-order valence-corrected chi connectivity index (χ1v) is 5.46. The molecule has 2 atom stereocenters. The van der Waals surface area contributed by atoms with Gasteiger partial charge in [0, 0.05) is 25.2 Å². The van der Waals surface area contributed by atoms with Crippen LogP contribution < -0.4 is 11.1 Å². The van der Waals surface area contributed by atoms with Crippen molar-refractivity contribution in [2.75, 3.05) is 32.8 Å². The minimum atomic E-state index is -0.0948. The summed E-state index contributed by atoms with van der Waals surface area (Å²) in [5.41, 5.74) is 5.25. The maximum Gasteiger partial charge on any atom is 0.233 e. The maximum absolute atomic E-state index is 11.1. The van der Waals surface area contributed by atoms with Crippen LogP contribution in [0.4, 0.5) is 0 Å². The normalized spacial score (nSPS) is 22.1. The Balaban J connectivity index is 2.36. The summed E-state index contributed by atoms with van der Waals surface area (Å²) in [5, 5.41) is 2.88. The standard InChI is InChI=1S/C10H21N3O2/c1-8(12-10(14)7-11)9(2)13-3-5-15-6-4-13/h8-9H,3-7,11H2,1-2H3,(H,12,14). The predicted octanol–water partition coefficient (Wildman–Crippen LogP) is -0.829. The largest absolute Gasteiger partial charge is 0.379 e. The smallest absolute Gasteiger partial charge is 0.233 e. The summed E-state index contributed by atoms with van der Waals surface area (Å²) in [4.78, 5) is 13.5. The Morgan fingerprint density at radius 2 is 2.07 bits per heavy atom. The fraction of sp³-hybridized carbons (Fsp3) is 0.900. The van der Waals surface area contributed by atoms with E-state index in [9.17, 15) is 4.79 Å². The van der Waals surface area contributed by atoms with Gasteiger partial charge in [-0.05, 0) is 13.8 Å². The zero-order valence-corrected chi connectivity index (χ0v) is 9.53. The number of nitrogens with zero attached hydrogens (tertiary/aromatic N) is 1. The fourth-order valence-corrected chi connectivity index (χ4v) is 1.73. The van der Waals surface area contributed by atoms with Crippen LogP contribution in [0.15, 0.2) is 0 Å². The van der Waals surface area contributed by atoms with Gasteiger partial charge in [0.05, 0.1) is 19.8 Å². The lowest BCUT2D eigenvalue weighted by Crippen LogP contribution is -2.52. The molecule has 0 aliphatic carbocycles. The summed E-state index contributed by atoms with van der Waals surface area (Å²) in [6.45, 7) is 7.61. The van der Waals surface area contributed by atoms with Crippen LogP contribution in [0.5, 0.6) is 0 Å². The molecule has 1 fully saturated rings. The molecule has 1 saturated heterocycles. The van der Waals surface area contributed by atoms with Gasteiger partial charge >= 0.3 is 0 Å². The van der Waals surface area contributed by atoms with Crippen molar-refractivity contribution in [1.82, 2.24) is 10.2 Å². The summed E-state index contributed by atoms with van der Waals surface area (Å²) in [5.74, 6) is -0.0948. The Morgan fingerprint density at radius 1 is 1.47 bits per heavy atom. The van der Waals surface area contributed by atoms with Crippen molar-refractivity contribution >= 4 is 5.91 Å². The van der Waals surface area contributed by atoms with Crippen molar-refractivity contribution in [3.63, 3.8) is 0 Å². The lowest BCUT2D eigenvalue weighted by atomic mass is 10.1. The van der Waals surface area contributed by atoms with Crippen LogP contribution in [-0.4, -0.2) is 55.7 Å². The lowest BCUT2D eigenvalue weighted by Gasteiger charge is -2.35. The van der Waals surface area contributed by atoms with Gasteiger partial charge in [-0.15, -0.1) is 0 Å². The van der Waals surface area contributed by atoms with Crippen molar-refractivity contribution < 1.29 is 9.53 Å². The van der Waals surface area contributed by atoms with Crippen molar-refractivity contribution in [3.8, 4) is 0 Å². The lowest BCUT2D eigenvalue weighted by molar-refractivity contribution is -0.120. The van der Waals surface area contributed by atoms with Crippen LogP contribution in [0.25, 0.3) is 0 Å². The Hall–Kier alpha value is -0.650. The third-order valence-corrected chi connectivity index (χ3v) is 2.92. The molecule has 2 unspecified atom stereocenters. The molecule has 0 radical (unpaired) electrons. The van der Waals surface area contributed by atoms with E-state index in [1.54, 1.807) is 0 Å². The molecule has 88 valence electrons. The molecule has 5 nitrogen and oxygen atoms in total. The van der Waals surface area contributed by atoms with E-state index in [4.69, 9.17) is 10.5 Å². The molecule has 0 aromatic heterocycles. The van der Waals surface area contributed by atoms with Gasteiger partial charge in [-0.2, -0.15) is 0 Å². The van der Waals surface area contributed by atoms with E-state index in [2.05, 4.69) is 17.1 Å². The van der Waals surface area contributed by atoms with Crippen molar-refractivity contribution in [2.24, 2.45) is 5.73 Å². The molecule has 1 amide bonds. The Bertz CT molecular complexity index is 205. The van der Waals surface area contributed by atoms with Gasteiger partial charge in [-0.25, -0.2) is 0 Å². The maximum atomic E-state index is 11.1. The molecule has 3 N–H and O–H groups in total. The van der Waals surface area contributed by atoms with Gasteiger partial charge in [-0.1, -0.05) is 0 Å². The zero-order chi connectivity index (χ0) is 11.3. The van der Waals surface area contributed by atoms with Crippen LogP contribution in [0.1, 0.15) is 13.8 Å². The molecule has 0 bridgehead atoms. The quantitative estimate of drug-likeness (QED) is 0.642. The van der Waals surface area contributed by atoms with Crippen molar-refractivity contribution in [3.05, 3.63) is 0 Å². The van der Waals surface area contributed by atoms with Crippen molar-refractivity contribution in [1.29, 1.82) is 0 Å². The minimum absolute atomic E-state index is 0.0557. The van der Waals surface area contributed by atoms with Gasteiger partial charge < -0.3 is 15.8 Å². The summed E-state index contributed by atoms with van der Waals surface area (Å²) < 4.78 is 5.28. The van der Waals surface area contributed by atoms with E-state index in [-0.39, 0.29) is 18.5 Å². The number of rotatable bonds is 4. The number of amides is 1. The molecule has 0 spiro atoms. The van der Waals surface area contributed by atoms with Crippen LogP contribution in [0.3, 0.4) is 0 Å². The molecule has 0 saturated carbocycles. The van der Waals surface area contributed by atoms with E-state index in [1.165, 1.54) is 0 Å². The third kappa shape index (κ3) is 3.77. The average molecular weight is 215 g/mol. The number of carbonyl (C=O) groups is 1. The van der Waals surface area contributed by atoms with Gasteiger partial charge in [0.2, 0.25) is 5.91 Å². The minimum Gasteiger partial charge on any atom is -0.379 e. The van der Waals surface area contributed by atoms with Crippen LogP contribution in [-0.2, 0) is 9.53 Å². The summed E-state index contributed by atoms with van der Waals surface area (Å²) in [6, 6.07) is 0.448. The van der Waals surface area contributed by atoms with E-state index < -0.39 is 0 Å². The monoisotopic (exact) mass is 215 g/mol. The molecule has 1 rings (SSSR count). The fourth-order valence-electron chi connectivity index (χ4n) is 1.73. The Kier molecular flexibility index (Phi) is 5.01. The Morgan fingerprint density at radius 3 is 2.60 bits per heavy atom. The molecular weight excluding hydrogens is 194 g/mol. The number of nitrogens with two attached hydrogens (primary N) is 1. The first-order valence-electron chi connectivity index (χ1n) is 5.46. The summed E-state index contributed by atoms with van der Waals surface area (Å²) in [6.07, 6.45) is 0. The van der Waals surface area contributed by atoms with E-state index in [0.29, 0.717) is 6.04 Å². The van der Waals surface area contributed by atoms with Crippen LogP contribution >= 0.6 is 0 Å². The second-order valence-corrected chi connectivity index (χ2v) is 3.95. The molecule has 15 heavy (non-hydrogen) atoms. The topological polar surface area (TPSA) is 67.6 Å². The highest BCUT2D eigenvalue weighted by Gasteiger charge is 2.22. The van der Waals surface area contributed by atoms with Gasteiger partial charge in [-0.3, -0.25) is 9.69 Å². The molecule has 5 heteroatoms. The molecule has 0 aromatic carbocycles. The van der Waals surface area contributed by atoms with Gasteiger partial charge in [0.25, 0.3) is 0 Å². The average Bonchev–Trinajstić information content (AvgIpc) is 2.29. The van der Waals surface area contributed by atoms with E-state index >= 15 is 0 Å². The zero-order valence-electron chi connectivity index (χ0n) is 9.53. The SMILES string of the molecule is CC(NC(=O)CN)C(C)N1CCOCC1. The number of carbonyl (C=O) groups excluding carboxylic acids is 1. The summed E-state index contributed by atoms with van der Waals surface area (Å²) >= 11 is 0. The highest BCUT2D eigenvalue weighted by Crippen LogP contribution is 2.07. The van der Waals surface area contributed by atoms with Gasteiger partial charge in [0.1, 0.15) is 0 Å². The predicted molar refractivity (Wildman–Crippen MR) is 58.5 cm³/mol. The Labute approximate surface area is 90.9 Å². The van der Waals surface area contributed by atoms with E-state index in [1.807, 2.05) is 6.92 Å². The molecule has 1 heterocycles. The number of ether oxygens (including phenoxy) is 1. The van der Waals surface area contributed by atoms with E-state index in [0.717, 1.165) is 26.3 Å². The highest BCUT2D eigenvalue weighted by atomic mass is 16.5. The second kappa shape index (κ2) is 6.05. The van der Waals surface area contributed by atoms with Crippen molar-refractivity contribution in [2.45, 2.75) is 25.9 Å². The number of hydrogen-bond donors (Lipinski definition) is 2. The first kappa shape index (κ1) is 12.4. The van der Waals surface area contributed by atoms with Crippen LogP contribution in [0, 0.1) is 0 Å². The first-order chi connectivity index (χ1) is 7.15. The van der Waals surface area contributed by atoms with Crippen LogP contribution in [0.2, 0.25) is 0 Å². The second-order valence-electron chi connectivity index (χ2n) is 3.95. The molecular formula is C10H21N3O2. The third-order valence-electron chi connectivity index (χ3n) is 2.92. The summed E-state index contributed by atoms with van der Waals surface area (Å²) in [7, 11) is 0. The molecule has 1 aliphatic rings. The highest BCUT2D eigenvalue weighted by molar-refractivity contribution is 5.78. The molecule has 0 aromatic rings. The number of hydrogen-bond acceptors (Lipinski definition) is 4. The van der Waals surface area contributed by atoms with Gasteiger partial charge in [0.15, 0.2) is 0 Å². The number of morpholine rings is 1. The number of nitrogens with one attached hydrogen (secondary N) is 1.